The molecule has 0 aromatic carbocycles. The maximum atomic E-state index is 9.66. The van der Waals surface area contributed by atoms with Gasteiger partial charge in [0.1, 0.15) is 11.7 Å². The molecule has 2 nitrogen and oxygen atoms in total. The van der Waals surface area contributed by atoms with Crippen LogP contribution in [0.3, 0.4) is 0 Å². The monoisotopic (exact) mass is 325 g/mol. The zero-order valence-electron chi connectivity index (χ0n) is 15.7. The van der Waals surface area contributed by atoms with E-state index >= 15 is 0 Å². The molecule has 0 radical (unpaired) electrons. The van der Waals surface area contributed by atoms with Gasteiger partial charge < -0.3 is 4.74 Å². The molecule has 5 rings (SSSR count). The fraction of sp³-hybridized carbons (Fsp3) is 0.864. The highest BCUT2D eigenvalue weighted by Crippen LogP contribution is 2.73. The first kappa shape index (κ1) is 15.4. The number of epoxide rings is 1. The number of rotatable bonds is 0. The van der Waals surface area contributed by atoms with Gasteiger partial charge in [-0.15, -0.1) is 0 Å². The van der Waals surface area contributed by atoms with Crippen LogP contribution in [-0.4, -0.2) is 11.7 Å². The van der Waals surface area contributed by atoms with Crippen molar-refractivity contribution in [3.8, 4) is 6.07 Å². The molecule has 2 heteroatoms. The minimum absolute atomic E-state index is 0.0799. The SMILES string of the molecule is CC1=C(C#N)CC2(C)C3CCC4(C)C(C)CCC4C3CCC23OC13. The van der Waals surface area contributed by atoms with E-state index in [4.69, 9.17) is 4.74 Å². The first-order valence-electron chi connectivity index (χ1n) is 10.1. The summed E-state index contributed by atoms with van der Waals surface area (Å²) in [7, 11) is 0. The van der Waals surface area contributed by atoms with E-state index in [0.29, 0.717) is 5.41 Å². The van der Waals surface area contributed by atoms with Gasteiger partial charge in [0.2, 0.25) is 0 Å². The van der Waals surface area contributed by atoms with Crippen molar-refractivity contribution in [3.05, 3.63) is 11.1 Å². The minimum Gasteiger partial charge on any atom is -0.361 e. The number of hydrogen-bond acceptors (Lipinski definition) is 2. The van der Waals surface area contributed by atoms with Crippen molar-refractivity contribution in [3.63, 3.8) is 0 Å². The second kappa shape index (κ2) is 4.47. The number of fused-ring (bicyclic) bond motifs is 4. The average Bonchev–Trinajstić information content (AvgIpc) is 3.23. The van der Waals surface area contributed by atoms with Crippen LogP contribution in [0.5, 0.6) is 0 Å². The molecule has 4 aliphatic carbocycles. The molecular weight excluding hydrogens is 294 g/mol. The first-order valence-corrected chi connectivity index (χ1v) is 10.1. The largest absolute Gasteiger partial charge is 0.361 e. The lowest BCUT2D eigenvalue weighted by molar-refractivity contribution is -0.104. The summed E-state index contributed by atoms with van der Waals surface area (Å²) in [5.41, 5.74) is 3.12. The lowest BCUT2D eigenvalue weighted by Crippen LogP contribution is -2.57. The Morgan fingerprint density at radius 2 is 1.88 bits per heavy atom. The highest BCUT2D eigenvalue weighted by molar-refractivity contribution is 5.43. The van der Waals surface area contributed by atoms with Crippen molar-refractivity contribution < 1.29 is 4.74 Å². The van der Waals surface area contributed by atoms with Crippen LogP contribution in [-0.2, 0) is 4.74 Å². The third-order valence-corrected chi connectivity index (χ3v) is 9.79. The number of allylic oxidation sites excluding steroid dienone is 1. The molecule has 1 aliphatic heterocycles. The Balaban J connectivity index is 1.55. The lowest BCUT2D eigenvalue weighted by Gasteiger charge is -2.59. The van der Waals surface area contributed by atoms with Crippen molar-refractivity contribution in [2.24, 2.45) is 34.5 Å². The zero-order valence-corrected chi connectivity index (χ0v) is 15.7. The maximum Gasteiger partial charge on any atom is 0.110 e. The van der Waals surface area contributed by atoms with Crippen molar-refractivity contribution in [1.82, 2.24) is 0 Å². The van der Waals surface area contributed by atoms with E-state index < -0.39 is 0 Å². The molecule has 8 unspecified atom stereocenters. The van der Waals surface area contributed by atoms with Gasteiger partial charge in [0.15, 0.2) is 0 Å². The summed E-state index contributed by atoms with van der Waals surface area (Å²) < 4.78 is 6.41. The topological polar surface area (TPSA) is 36.3 Å². The molecule has 0 N–H and O–H groups in total. The number of ether oxygens (including phenoxy) is 1. The Labute approximate surface area is 146 Å². The fourth-order valence-electron chi connectivity index (χ4n) is 8.04. The molecular formula is C22H31NO. The first-order chi connectivity index (χ1) is 11.4. The van der Waals surface area contributed by atoms with Crippen LogP contribution in [0, 0.1) is 45.8 Å². The maximum absolute atomic E-state index is 9.66. The van der Waals surface area contributed by atoms with Gasteiger partial charge in [-0.3, -0.25) is 0 Å². The summed E-state index contributed by atoms with van der Waals surface area (Å²) in [5.74, 6) is 3.43. The summed E-state index contributed by atoms with van der Waals surface area (Å²) >= 11 is 0. The quantitative estimate of drug-likeness (QED) is 0.571. The molecule has 0 bridgehead atoms. The van der Waals surface area contributed by atoms with Crippen molar-refractivity contribution in [1.29, 1.82) is 5.26 Å². The Bertz CT molecular complexity index is 674. The third-order valence-electron chi connectivity index (χ3n) is 9.79. The van der Waals surface area contributed by atoms with Gasteiger partial charge in [0, 0.05) is 11.0 Å². The molecule has 24 heavy (non-hydrogen) atoms. The summed E-state index contributed by atoms with van der Waals surface area (Å²) in [5, 5.41) is 9.66. The zero-order chi connectivity index (χ0) is 16.9. The summed E-state index contributed by atoms with van der Waals surface area (Å²) in [6, 6.07) is 2.52. The van der Waals surface area contributed by atoms with Crippen molar-refractivity contribution in [2.45, 2.75) is 84.3 Å². The van der Waals surface area contributed by atoms with E-state index in [9.17, 15) is 5.26 Å². The standard InChI is InChI=1S/C22H31NO/c1-13-5-6-17-16-7-10-22-19(24-22)14(2)15(12-23)11-21(22,4)18(16)8-9-20(13,17)3/h13,16-19H,5-11H2,1-4H3. The molecule has 1 heterocycles. The smallest absolute Gasteiger partial charge is 0.110 e. The van der Waals surface area contributed by atoms with E-state index in [1.54, 1.807) is 0 Å². The second-order valence-electron chi connectivity index (χ2n) is 10.2. The molecule has 1 spiro atoms. The van der Waals surface area contributed by atoms with E-state index in [-0.39, 0.29) is 17.1 Å². The van der Waals surface area contributed by atoms with Crippen molar-refractivity contribution >= 4 is 0 Å². The predicted molar refractivity (Wildman–Crippen MR) is 94.1 cm³/mol. The molecule has 3 saturated carbocycles. The predicted octanol–water partition coefficient (Wildman–Crippen LogP) is 5.25. The Morgan fingerprint density at radius 3 is 2.62 bits per heavy atom. The number of nitrogens with zero attached hydrogens (tertiary/aromatic N) is 1. The van der Waals surface area contributed by atoms with Gasteiger partial charge in [-0.25, -0.2) is 0 Å². The van der Waals surface area contributed by atoms with Crippen LogP contribution in [0.1, 0.15) is 72.6 Å². The Morgan fingerprint density at radius 1 is 1.08 bits per heavy atom. The summed E-state index contributed by atoms with van der Waals surface area (Å²) in [6.45, 7) is 9.70. The van der Waals surface area contributed by atoms with E-state index in [1.165, 1.54) is 44.1 Å². The van der Waals surface area contributed by atoms with E-state index in [1.807, 2.05) is 0 Å². The molecule has 8 atom stereocenters. The molecule has 0 amide bonds. The number of nitriles is 1. The third kappa shape index (κ3) is 1.53. The van der Waals surface area contributed by atoms with E-state index in [0.717, 1.165) is 35.7 Å². The minimum atomic E-state index is 0.0799. The van der Waals surface area contributed by atoms with Gasteiger partial charge in [-0.1, -0.05) is 20.8 Å². The highest BCUT2D eigenvalue weighted by atomic mass is 16.6. The van der Waals surface area contributed by atoms with Crippen LogP contribution in [0.2, 0.25) is 0 Å². The molecule has 130 valence electrons. The summed E-state index contributed by atoms with van der Waals surface area (Å²) in [4.78, 5) is 0. The number of hydrogen-bond donors (Lipinski definition) is 0. The molecule has 4 fully saturated rings. The van der Waals surface area contributed by atoms with Gasteiger partial charge >= 0.3 is 0 Å². The van der Waals surface area contributed by atoms with Gasteiger partial charge in [-0.05, 0) is 86.5 Å². The Hall–Kier alpha value is -0.810. The average molecular weight is 325 g/mol. The molecule has 0 aromatic heterocycles. The molecule has 0 aromatic rings. The van der Waals surface area contributed by atoms with Crippen LogP contribution in [0.4, 0.5) is 0 Å². The summed E-state index contributed by atoms with van der Waals surface area (Å²) in [6.07, 6.45) is 9.41. The fourth-order valence-corrected chi connectivity index (χ4v) is 8.04. The van der Waals surface area contributed by atoms with E-state index in [2.05, 4.69) is 33.8 Å². The van der Waals surface area contributed by atoms with Gasteiger partial charge in [0.05, 0.1) is 6.07 Å². The van der Waals surface area contributed by atoms with Crippen LogP contribution < -0.4 is 0 Å². The van der Waals surface area contributed by atoms with Crippen LogP contribution >= 0.6 is 0 Å². The van der Waals surface area contributed by atoms with Gasteiger partial charge in [-0.2, -0.15) is 5.26 Å². The van der Waals surface area contributed by atoms with Crippen LogP contribution in [0.15, 0.2) is 11.1 Å². The highest BCUT2D eigenvalue weighted by Gasteiger charge is 2.75. The Kier molecular flexibility index (Phi) is 2.88. The van der Waals surface area contributed by atoms with Crippen molar-refractivity contribution in [2.75, 3.05) is 0 Å². The molecule has 1 saturated heterocycles. The second-order valence-corrected chi connectivity index (χ2v) is 10.2. The van der Waals surface area contributed by atoms with Gasteiger partial charge in [0.25, 0.3) is 0 Å². The normalized spacial score (nSPS) is 58.2. The van der Waals surface area contributed by atoms with Crippen LogP contribution in [0.25, 0.3) is 0 Å². The lowest BCUT2D eigenvalue weighted by atomic mass is 9.44. The molecule has 5 aliphatic rings.